The fourth-order valence-electron chi connectivity index (χ4n) is 3.32. The standard InChI is InChI=1S/C15H24N4O/c1-15(2)10-19(7-5-13(15)20-3)14-17-9-11-8-16-6-4-12(11)18-14/h9,13,16H,4-8,10H2,1-3H3. The third-order valence-corrected chi connectivity index (χ3v) is 4.49. The quantitative estimate of drug-likeness (QED) is 0.884. The van der Waals surface area contributed by atoms with Gasteiger partial charge in [-0.25, -0.2) is 9.97 Å². The summed E-state index contributed by atoms with van der Waals surface area (Å²) in [6.07, 6.45) is 4.34. The highest BCUT2D eigenvalue weighted by Gasteiger charge is 2.37. The molecule has 0 aromatic carbocycles. The molecule has 1 fully saturated rings. The van der Waals surface area contributed by atoms with Crippen LogP contribution in [0.5, 0.6) is 0 Å². The number of hydrogen-bond donors (Lipinski definition) is 1. The van der Waals surface area contributed by atoms with Crippen LogP contribution in [0.25, 0.3) is 0 Å². The molecule has 1 atom stereocenters. The van der Waals surface area contributed by atoms with E-state index in [9.17, 15) is 0 Å². The molecule has 0 amide bonds. The van der Waals surface area contributed by atoms with Crippen LogP contribution in [0, 0.1) is 5.41 Å². The van der Waals surface area contributed by atoms with Crippen molar-refractivity contribution in [2.75, 3.05) is 31.6 Å². The van der Waals surface area contributed by atoms with Crippen molar-refractivity contribution >= 4 is 5.95 Å². The monoisotopic (exact) mass is 276 g/mol. The molecule has 0 radical (unpaired) electrons. The van der Waals surface area contributed by atoms with Gasteiger partial charge in [0, 0.05) is 56.9 Å². The maximum atomic E-state index is 5.61. The van der Waals surface area contributed by atoms with E-state index in [0.717, 1.165) is 45.0 Å². The lowest BCUT2D eigenvalue weighted by atomic mass is 9.81. The molecule has 0 spiro atoms. The van der Waals surface area contributed by atoms with Crippen molar-refractivity contribution < 1.29 is 4.74 Å². The molecule has 3 rings (SSSR count). The Kier molecular flexibility index (Phi) is 3.65. The maximum absolute atomic E-state index is 5.61. The molecule has 0 bridgehead atoms. The number of ether oxygens (including phenoxy) is 1. The lowest BCUT2D eigenvalue weighted by Gasteiger charge is -2.43. The van der Waals surface area contributed by atoms with Crippen molar-refractivity contribution in [2.45, 2.75) is 39.3 Å². The molecule has 20 heavy (non-hydrogen) atoms. The van der Waals surface area contributed by atoms with Gasteiger partial charge in [-0.05, 0) is 6.42 Å². The van der Waals surface area contributed by atoms with Crippen LogP contribution < -0.4 is 10.2 Å². The summed E-state index contributed by atoms with van der Waals surface area (Å²) in [5, 5.41) is 3.36. The normalized spacial score (nSPS) is 25.4. The Hall–Kier alpha value is -1.20. The Morgan fingerprint density at radius 3 is 3.05 bits per heavy atom. The smallest absolute Gasteiger partial charge is 0.225 e. The number of hydrogen-bond acceptors (Lipinski definition) is 5. The van der Waals surface area contributed by atoms with Gasteiger partial charge in [-0.15, -0.1) is 0 Å². The molecule has 2 aliphatic rings. The molecule has 1 aromatic rings. The topological polar surface area (TPSA) is 50.3 Å². The lowest BCUT2D eigenvalue weighted by molar-refractivity contribution is -0.00660. The predicted octanol–water partition coefficient (Wildman–Crippen LogP) is 1.37. The number of piperidine rings is 1. The van der Waals surface area contributed by atoms with Crippen LogP contribution in [0.1, 0.15) is 31.5 Å². The first kappa shape index (κ1) is 13.8. The zero-order chi connectivity index (χ0) is 14.2. The van der Waals surface area contributed by atoms with Crippen LogP contribution in [-0.4, -0.2) is 42.8 Å². The molecule has 2 aliphatic heterocycles. The third-order valence-electron chi connectivity index (χ3n) is 4.49. The van der Waals surface area contributed by atoms with Gasteiger partial charge in [-0.3, -0.25) is 0 Å². The number of anilines is 1. The Morgan fingerprint density at radius 2 is 2.30 bits per heavy atom. The summed E-state index contributed by atoms with van der Waals surface area (Å²) in [6.45, 7) is 8.35. The predicted molar refractivity (Wildman–Crippen MR) is 78.9 cm³/mol. The van der Waals surface area contributed by atoms with E-state index in [0.29, 0.717) is 6.10 Å². The summed E-state index contributed by atoms with van der Waals surface area (Å²) in [5.74, 6) is 0.883. The van der Waals surface area contributed by atoms with Gasteiger partial charge in [-0.2, -0.15) is 0 Å². The van der Waals surface area contributed by atoms with Crippen molar-refractivity contribution in [3.8, 4) is 0 Å². The van der Waals surface area contributed by atoms with Gasteiger partial charge in [0.05, 0.1) is 11.8 Å². The van der Waals surface area contributed by atoms with Crippen molar-refractivity contribution in [3.63, 3.8) is 0 Å². The number of rotatable bonds is 2. The first-order valence-corrected chi connectivity index (χ1v) is 7.43. The molecule has 0 aliphatic carbocycles. The molecule has 1 aromatic heterocycles. The molecule has 0 saturated carbocycles. The zero-order valence-electron chi connectivity index (χ0n) is 12.6. The number of nitrogens with one attached hydrogen (secondary N) is 1. The molecule has 5 nitrogen and oxygen atoms in total. The number of fused-ring (bicyclic) bond motifs is 1. The second-order valence-electron chi connectivity index (χ2n) is 6.49. The highest BCUT2D eigenvalue weighted by molar-refractivity contribution is 5.35. The van der Waals surface area contributed by atoms with Gasteiger partial charge in [0.15, 0.2) is 0 Å². The van der Waals surface area contributed by atoms with Crippen LogP contribution in [-0.2, 0) is 17.7 Å². The summed E-state index contributed by atoms with van der Waals surface area (Å²) in [7, 11) is 1.81. The van der Waals surface area contributed by atoms with Crippen molar-refractivity contribution in [1.29, 1.82) is 0 Å². The summed E-state index contributed by atoms with van der Waals surface area (Å²) < 4.78 is 5.61. The van der Waals surface area contributed by atoms with E-state index in [1.807, 2.05) is 13.3 Å². The number of aromatic nitrogens is 2. The molecule has 1 saturated heterocycles. The zero-order valence-corrected chi connectivity index (χ0v) is 12.6. The average Bonchev–Trinajstić information content (AvgIpc) is 2.45. The lowest BCUT2D eigenvalue weighted by Crippen LogP contribution is -2.50. The van der Waals surface area contributed by atoms with Gasteiger partial charge in [0.1, 0.15) is 0 Å². The van der Waals surface area contributed by atoms with E-state index in [4.69, 9.17) is 9.72 Å². The Bertz CT molecular complexity index is 489. The van der Waals surface area contributed by atoms with E-state index in [1.54, 1.807) is 0 Å². The Balaban J connectivity index is 1.80. The fourth-order valence-corrected chi connectivity index (χ4v) is 3.32. The van der Waals surface area contributed by atoms with Crippen LogP contribution in [0.3, 0.4) is 0 Å². The molecule has 110 valence electrons. The molecule has 1 N–H and O–H groups in total. The molecule has 5 heteroatoms. The molecule has 3 heterocycles. The highest BCUT2D eigenvalue weighted by atomic mass is 16.5. The minimum Gasteiger partial charge on any atom is -0.381 e. The van der Waals surface area contributed by atoms with Crippen LogP contribution >= 0.6 is 0 Å². The fraction of sp³-hybridized carbons (Fsp3) is 0.733. The van der Waals surface area contributed by atoms with E-state index < -0.39 is 0 Å². The summed E-state index contributed by atoms with van der Waals surface area (Å²) >= 11 is 0. The van der Waals surface area contributed by atoms with E-state index in [-0.39, 0.29) is 5.41 Å². The van der Waals surface area contributed by atoms with E-state index >= 15 is 0 Å². The maximum Gasteiger partial charge on any atom is 0.225 e. The molecule has 1 unspecified atom stereocenters. The summed E-state index contributed by atoms with van der Waals surface area (Å²) in [4.78, 5) is 11.7. The Morgan fingerprint density at radius 1 is 1.45 bits per heavy atom. The van der Waals surface area contributed by atoms with Gasteiger partial charge >= 0.3 is 0 Å². The minimum atomic E-state index is 0.133. The summed E-state index contributed by atoms with van der Waals surface area (Å²) in [5.41, 5.74) is 2.58. The first-order valence-electron chi connectivity index (χ1n) is 7.43. The second kappa shape index (κ2) is 5.30. The average molecular weight is 276 g/mol. The molecular formula is C15H24N4O. The number of methoxy groups -OCH3 is 1. The van der Waals surface area contributed by atoms with Crippen molar-refractivity contribution in [2.24, 2.45) is 5.41 Å². The summed E-state index contributed by atoms with van der Waals surface area (Å²) in [6, 6.07) is 0. The van der Waals surface area contributed by atoms with Gasteiger partial charge in [0.25, 0.3) is 0 Å². The van der Waals surface area contributed by atoms with E-state index in [2.05, 4.69) is 29.0 Å². The highest BCUT2D eigenvalue weighted by Crippen LogP contribution is 2.32. The van der Waals surface area contributed by atoms with Crippen molar-refractivity contribution in [1.82, 2.24) is 15.3 Å². The van der Waals surface area contributed by atoms with Crippen molar-refractivity contribution in [3.05, 3.63) is 17.5 Å². The SMILES string of the molecule is COC1CCN(c2ncc3c(n2)CCNC3)CC1(C)C. The Labute approximate surface area is 120 Å². The third kappa shape index (κ3) is 2.52. The largest absolute Gasteiger partial charge is 0.381 e. The van der Waals surface area contributed by atoms with Gasteiger partial charge < -0.3 is 15.0 Å². The van der Waals surface area contributed by atoms with Gasteiger partial charge in [-0.1, -0.05) is 13.8 Å². The number of nitrogens with zero attached hydrogens (tertiary/aromatic N) is 3. The van der Waals surface area contributed by atoms with Crippen LogP contribution in [0.2, 0.25) is 0 Å². The minimum absolute atomic E-state index is 0.133. The first-order chi connectivity index (χ1) is 9.60. The molecular weight excluding hydrogens is 252 g/mol. The van der Waals surface area contributed by atoms with E-state index in [1.165, 1.54) is 11.3 Å². The van der Waals surface area contributed by atoms with Crippen LogP contribution in [0.4, 0.5) is 5.95 Å². The van der Waals surface area contributed by atoms with Crippen LogP contribution in [0.15, 0.2) is 6.20 Å². The second-order valence-corrected chi connectivity index (χ2v) is 6.49. The van der Waals surface area contributed by atoms with Gasteiger partial charge in [0.2, 0.25) is 5.95 Å².